The van der Waals surface area contributed by atoms with Crippen LogP contribution in [0.15, 0.2) is 24.3 Å². The Morgan fingerprint density at radius 3 is 2.86 bits per heavy atom. The summed E-state index contributed by atoms with van der Waals surface area (Å²) >= 11 is 0. The molecule has 3 aliphatic rings. The van der Waals surface area contributed by atoms with E-state index in [1.165, 1.54) is 5.56 Å². The van der Waals surface area contributed by atoms with E-state index in [0.717, 1.165) is 57.4 Å². The Morgan fingerprint density at radius 1 is 1.24 bits per heavy atom. The van der Waals surface area contributed by atoms with Crippen LogP contribution in [0.25, 0.3) is 0 Å². The first-order valence-corrected chi connectivity index (χ1v) is 11.2. The van der Waals surface area contributed by atoms with Gasteiger partial charge in [0.2, 0.25) is 11.8 Å². The Morgan fingerprint density at radius 2 is 2.07 bits per heavy atom. The number of anilines is 1. The highest BCUT2D eigenvalue weighted by Crippen LogP contribution is 2.33. The molecule has 6 heteroatoms. The molecule has 1 aromatic rings. The molecule has 0 aliphatic carbocycles. The standard InChI is InChI=1S/C23H34N4O2/c1-16-13-19-8-3-4-10-21(19)27(16)23(29)17(2)26-12-6-7-18(15-26)14-25-22(28)20-9-5-11-24-20/h3-4,8,10,16-18,20,24H,5-7,9,11-15H2,1-2H3,(H,25,28). The van der Waals surface area contributed by atoms with E-state index in [2.05, 4.69) is 34.6 Å². The minimum atomic E-state index is -0.140. The van der Waals surface area contributed by atoms with Gasteiger partial charge in [0, 0.05) is 24.8 Å². The number of para-hydroxylation sites is 1. The van der Waals surface area contributed by atoms with Gasteiger partial charge in [0.05, 0.1) is 12.1 Å². The van der Waals surface area contributed by atoms with Crippen molar-refractivity contribution in [3.63, 3.8) is 0 Å². The van der Waals surface area contributed by atoms with Crippen molar-refractivity contribution < 1.29 is 9.59 Å². The number of hydrogen-bond donors (Lipinski definition) is 2. The van der Waals surface area contributed by atoms with Crippen LogP contribution in [0.2, 0.25) is 0 Å². The minimum absolute atomic E-state index is 0.0214. The largest absolute Gasteiger partial charge is 0.354 e. The van der Waals surface area contributed by atoms with Gasteiger partial charge in [0.15, 0.2) is 0 Å². The summed E-state index contributed by atoms with van der Waals surface area (Å²) in [6, 6.07) is 8.30. The third-order valence-electron chi connectivity index (χ3n) is 6.84. The van der Waals surface area contributed by atoms with Gasteiger partial charge in [-0.3, -0.25) is 14.5 Å². The lowest BCUT2D eigenvalue weighted by atomic mass is 9.96. The monoisotopic (exact) mass is 398 g/mol. The Hall–Kier alpha value is -1.92. The van der Waals surface area contributed by atoms with Crippen molar-refractivity contribution in [1.29, 1.82) is 0 Å². The number of nitrogens with one attached hydrogen (secondary N) is 2. The summed E-state index contributed by atoms with van der Waals surface area (Å²) in [5.41, 5.74) is 2.34. The molecule has 29 heavy (non-hydrogen) atoms. The van der Waals surface area contributed by atoms with Gasteiger partial charge in [0.25, 0.3) is 0 Å². The number of amides is 2. The van der Waals surface area contributed by atoms with Crippen LogP contribution in [0.4, 0.5) is 5.69 Å². The quantitative estimate of drug-likeness (QED) is 0.796. The number of likely N-dealkylation sites (tertiary alicyclic amines) is 1. The molecule has 2 fully saturated rings. The van der Waals surface area contributed by atoms with Crippen molar-refractivity contribution in [1.82, 2.24) is 15.5 Å². The maximum atomic E-state index is 13.4. The van der Waals surface area contributed by atoms with Crippen molar-refractivity contribution in [3.8, 4) is 0 Å². The topological polar surface area (TPSA) is 64.7 Å². The number of hydrogen-bond acceptors (Lipinski definition) is 4. The third kappa shape index (κ3) is 4.33. The van der Waals surface area contributed by atoms with Gasteiger partial charge in [-0.1, -0.05) is 18.2 Å². The second-order valence-corrected chi connectivity index (χ2v) is 8.96. The SMILES string of the molecule is CC(C(=O)N1c2ccccc2CC1C)N1CCCC(CNC(=O)C2CCCN2)C1. The Balaban J connectivity index is 1.34. The molecule has 4 unspecified atom stereocenters. The molecule has 6 nitrogen and oxygen atoms in total. The summed E-state index contributed by atoms with van der Waals surface area (Å²) in [4.78, 5) is 30.0. The van der Waals surface area contributed by atoms with Crippen molar-refractivity contribution >= 4 is 17.5 Å². The fourth-order valence-corrected chi connectivity index (χ4v) is 5.15. The molecule has 4 atom stereocenters. The Bertz CT molecular complexity index is 746. The van der Waals surface area contributed by atoms with Gasteiger partial charge in [0.1, 0.15) is 0 Å². The normalized spacial score (nSPS) is 28.2. The summed E-state index contributed by atoms with van der Waals surface area (Å²) < 4.78 is 0. The summed E-state index contributed by atoms with van der Waals surface area (Å²) in [5.74, 6) is 0.737. The fraction of sp³-hybridized carbons (Fsp3) is 0.652. The average Bonchev–Trinajstić information content (AvgIpc) is 3.38. The number of carbonyl (C=O) groups is 2. The highest BCUT2D eigenvalue weighted by molar-refractivity contribution is 5.99. The molecule has 3 heterocycles. The molecule has 3 aliphatic heterocycles. The number of rotatable bonds is 5. The zero-order valence-corrected chi connectivity index (χ0v) is 17.7. The van der Waals surface area contributed by atoms with E-state index in [1.807, 2.05) is 24.0 Å². The lowest BCUT2D eigenvalue weighted by molar-refractivity contribution is -0.125. The van der Waals surface area contributed by atoms with E-state index in [9.17, 15) is 9.59 Å². The van der Waals surface area contributed by atoms with Gasteiger partial charge >= 0.3 is 0 Å². The van der Waals surface area contributed by atoms with Crippen LogP contribution < -0.4 is 15.5 Å². The highest BCUT2D eigenvalue weighted by atomic mass is 16.2. The van der Waals surface area contributed by atoms with E-state index in [1.54, 1.807) is 0 Å². The molecule has 2 saturated heterocycles. The van der Waals surface area contributed by atoms with Crippen molar-refractivity contribution in [2.45, 2.75) is 64.1 Å². The lowest BCUT2D eigenvalue weighted by Gasteiger charge is -2.38. The van der Waals surface area contributed by atoms with E-state index < -0.39 is 0 Å². The number of fused-ring (bicyclic) bond motifs is 1. The molecule has 0 radical (unpaired) electrons. The summed E-state index contributed by atoms with van der Waals surface area (Å²) in [6.07, 6.45) is 5.12. The molecule has 2 amide bonds. The van der Waals surface area contributed by atoms with Crippen LogP contribution in [0, 0.1) is 5.92 Å². The van der Waals surface area contributed by atoms with Crippen LogP contribution in [-0.2, 0) is 16.0 Å². The average molecular weight is 399 g/mol. The maximum absolute atomic E-state index is 13.4. The molecular formula is C23H34N4O2. The van der Waals surface area contributed by atoms with Gasteiger partial charge in [-0.05, 0) is 76.6 Å². The van der Waals surface area contributed by atoms with Crippen molar-refractivity contribution in [2.75, 3.05) is 31.1 Å². The maximum Gasteiger partial charge on any atom is 0.244 e. The van der Waals surface area contributed by atoms with Crippen LogP contribution in [0.1, 0.15) is 45.1 Å². The zero-order chi connectivity index (χ0) is 20.4. The molecule has 2 N–H and O–H groups in total. The number of carbonyl (C=O) groups excluding carboxylic acids is 2. The molecule has 0 saturated carbocycles. The van der Waals surface area contributed by atoms with E-state index in [0.29, 0.717) is 12.5 Å². The first kappa shape index (κ1) is 20.4. The van der Waals surface area contributed by atoms with Crippen molar-refractivity contribution in [2.24, 2.45) is 5.92 Å². The van der Waals surface area contributed by atoms with E-state index in [4.69, 9.17) is 0 Å². The van der Waals surface area contributed by atoms with Crippen LogP contribution in [0.3, 0.4) is 0 Å². The first-order chi connectivity index (χ1) is 14.0. The van der Waals surface area contributed by atoms with Crippen LogP contribution in [-0.4, -0.2) is 61.0 Å². The second kappa shape index (κ2) is 8.84. The lowest BCUT2D eigenvalue weighted by Crippen LogP contribution is -2.53. The van der Waals surface area contributed by atoms with E-state index >= 15 is 0 Å². The number of piperidine rings is 1. The van der Waals surface area contributed by atoms with Crippen molar-refractivity contribution in [3.05, 3.63) is 29.8 Å². The fourth-order valence-electron chi connectivity index (χ4n) is 5.15. The van der Waals surface area contributed by atoms with Gasteiger partial charge in [-0.2, -0.15) is 0 Å². The highest BCUT2D eigenvalue weighted by Gasteiger charge is 2.36. The third-order valence-corrected chi connectivity index (χ3v) is 6.84. The van der Waals surface area contributed by atoms with Gasteiger partial charge in [-0.25, -0.2) is 0 Å². The molecule has 0 aromatic heterocycles. The summed E-state index contributed by atoms with van der Waals surface area (Å²) in [5, 5.41) is 6.39. The van der Waals surface area contributed by atoms with Crippen LogP contribution in [0.5, 0.6) is 0 Å². The van der Waals surface area contributed by atoms with Gasteiger partial charge < -0.3 is 15.5 Å². The molecule has 0 bridgehead atoms. The minimum Gasteiger partial charge on any atom is -0.354 e. The smallest absolute Gasteiger partial charge is 0.244 e. The summed E-state index contributed by atoms with van der Waals surface area (Å²) in [6.45, 7) is 7.64. The zero-order valence-electron chi connectivity index (χ0n) is 17.7. The number of benzene rings is 1. The molecule has 1 aromatic carbocycles. The Kier molecular flexibility index (Phi) is 6.20. The predicted octanol–water partition coefficient (Wildman–Crippen LogP) is 1.93. The van der Waals surface area contributed by atoms with Gasteiger partial charge in [-0.15, -0.1) is 0 Å². The Labute approximate surface area is 174 Å². The van der Waals surface area contributed by atoms with E-state index in [-0.39, 0.29) is 29.9 Å². The number of nitrogens with zero attached hydrogens (tertiary/aromatic N) is 2. The molecule has 0 spiro atoms. The molecule has 4 rings (SSSR count). The molecule has 158 valence electrons. The van der Waals surface area contributed by atoms with Crippen LogP contribution >= 0.6 is 0 Å². The first-order valence-electron chi connectivity index (χ1n) is 11.2. The predicted molar refractivity (Wildman–Crippen MR) is 115 cm³/mol. The summed E-state index contributed by atoms with van der Waals surface area (Å²) in [7, 11) is 0. The second-order valence-electron chi connectivity index (χ2n) is 8.96. The molecular weight excluding hydrogens is 364 g/mol.